The van der Waals surface area contributed by atoms with E-state index in [-0.39, 0.29) is 17.6 Å². The maximum Gasteiger partial charge on any atom is 0.234 e. The number of nitrogens with zero attached hydrogens (tertiary/aromatic N) is 2. The van der Waals surface area contributed by atoms with Crippen LogP contribution in [0, 0.1) is 0 Å². The van der Waals surface area contributed by atoms with Crippen LogP contribution in [0.5, 0.6) is 0 Å². The van der Waals surface area contributed by atoms with Gasteiger partial charge in [-0.05, 0) is 29.8 Å². The molecule has 0 atom stereocenters. The summed E-state index contributed by atoms with van der Waals surface area (Å²) in [5.74, 6) is 0.521. The molecule has 0 radical (unpaired) electrons. The Labute approximate surface area is 172 Å². The first-order valence-electron chi connectivity index (χ1n) is 8.73. The largest absolute Gasteiger partial charge is 0.373 e. The standard InChI is InChI=1S/C20H22BrN3O2S/c1-23-9-10-24(12-15-5-2-3-8-18(15)23)20(26)14-27-13-19(25)22-17-7-4-6-16(21)11-17/h2-8,11H,9-10,12-14H2,1H3,(H,22,25). The molecule has 7 heteroatoms. The van der Waals surface area contributed by atoms with Crippen LogP contribution in [-0.4, -0.2) is 48.4 Å². The fourth-order valence-electron chi connectivity index (χ4n) is 2.99. The van der Waals surface area contributed by atoms with Crippen LogP contribution in [0.25, 0.3) is 0 Å². The molecule has 142 valence electrons. The van der Waals surface area contributed by atoms with Crippen LogP contribution < -0.4 is 10.2 Å². The Balaban J connectivity index is 1.49. The molecule has 2 amide bonds. The number of anilines is 2. The van der Waals surface area contributed by atoms with E-state index < -0.39 is 0 Å². The summed E-state index contributed by atoms with van der Waals surface area (Å²) >= 11 is 4.73. The summed E-state index contributed by atoms with van der Waals surface area (Å²) in [7, 11) is 2.05. The van der Waals surface area contributed by atoms with E-state index in [0.29, 0.717) is 18.8 Å². The van der Waals surface area contributed by atoms with E-state index in [1.54, 1.807) is 0 Å². The van der Waals surface area contributed by atoms with Crippen molar-refractivity contribution in [3.05, 3.63) is 58.6 Å². The molecule has 1 aliphatic heterocycles. The van der Waals surface area contributed by atoms with Crippen LogP contribution in [0.4, 0.5) is 11.4 Å². The zero-order chi connectivity index (χ0) is 19.2. The predicted octanol–water partition coefficient (Wildman–Crippen LogP) is 3.60. The lowest BCUT2D eigenvalue weighted by Gasteiger charge is -2.21. The molecule has 0 saturated carbocycles. The molecular formula is C20H22BrN3O2S. The van der Waals surface area contributed by atoms with Crippen molar-refractivity contribution in [2.45, 2.75) is 6.54 Å². The number of nitrogens with one attached hydrogen (secondary N) is 1. The van der Waals surface area contributed by atoms with Crippen molar-refractivity contribution in [1.82, 2.24) is 4.90 Å². The lowest BCUT2D eigenvalue weighted by molar-refractivity contribution is -0.128. The van der Waals surface area contributed by atoms with Crippen LogP contribution in [-0.2, 0) is 16.1 Å². The molecule has 2 aromatic rings. The third-order valence-electron chi connectivity index (χ3n) is 4.39. The molecule has 1 N–H and O–H groups in total. The zero-order valence-electron chi connectivity index (χ0n) is 15.2. The molecule has 5 nitrogen and oxygen atoms in total. The van der Waals surface area contributed by atoms with E-state index in [1.165, 1.54) is 17.4 Å². The number of halogens is 1. The molecule has 0 aliphatic carbocycles. The molecule has 0 saturated heterocycles. The summed E-state index contributed by atoms with van der Waals surface area (Å²) in [4.78, 5) is 28.7. The summed E-state index contributed by atoms with van der Waals surface area (Å²) in [5.41, 5.74) is 3.07. The summed E-state index contributed by atoms with van der Waals surface area (Å²) in [6.07, 6.45) is 0. The number of rotatable bonds is 5. The van der Waals surface area contributed by atoms with Crippen molar-refractivity contribution in [2.24, 2.45) is 0 Å². The molecule has 0 bridgehead atoms. The van der Waals surface area contributed by atoms with Crippen molar-refractivity contribution >= 4 is 50.9 Å². The van der Waals surface area contributed by atoms with Gasteiger partial charge in [-0.3, -0.25) is 9.59 Å². The second-order valence-corrected chi connectivity index (χ2v) is 8.32. The summed E-state index contributed by atoms with van der Waals surface area (Å²) in [5, 5.41) is 2.84. The van der Waals surface area contributed by atoms with Crippen molar-refractivity contribution < 1.29 is 9.59 Å². The smallest absolute Gasteiger partial charge is 0.234 e. The number of likely N-dealkylation sites (N-methyl/N-ethyl adjacent to an activating group) is 1. The average Bonchev–Trinajstić information content (AvgIpc) is 2.81. The lowest BCUT2D eigenvalue weighted by atomic mass is 10.1. The van der Waals surface area contributed by atoms with Gasteiger partial charge in [0.15, 0.2) is 0 Å². The summed E-state index contributed by atoms with van der Waals surface area (Å²) in [6, 6.07) is 15.6. The second-order valence-electron chi connectivity index (χ2n) is 6.42. The molecule has 27 heavy (non-hydrogen) atoms. The molecule has 0 spiro atoms. The maximum atomic E-state index is 12.6. The number of hydrogen-bond acceptors (Lipinski definition) is 4. The highest BCUT2D eigenvalue weighted by Crippen LogP contribution is 2.24. The predicted molar refractivity (Wildman–Crippen MR) is 115 cm³/mol. The monoisotopic (exact) mass is 447 g/mol. The van der Waals surface area contributed by atoms with Crippen molar-refractivity contribution in [3.8, 4) is 0 Å². The van der Waals surface area contributed by atoms with Crippen molar-refractivity contribution in [3.63, 3.8) is 0 Å². The first kappa shape index (κ1) is 19.8. The topological polar surface area (TPSA) is 52.7 Å². The molecule has 1 heterocycles. The lowest BCUT2D eigenvalue weighted by Crippen LogP contribution is -2.35. The van der Waals surface area contributed by atoms with Crippen molar-refractivity contribution in [1.29, 1.82) is 0 Å². The Bertz CT molecular complexity index is 830. The molecular weight excluding hydrogens is 426 g/mol. The Morgan fingerprint density at radius 2 is 1.93 bits per heavy atom. The normalized spacial score (nSPS) is 13.7. The zero-order valence-corrected chi connectivity index (χ0v) is 17.6. The van der Waals surface area contributed by atoms with E-state index >= 15 is 0 Å². The fraction of sp³-hybridized carbons (Fsp3) is 0.300. The van der Waals surface area contributed by atoms with Gasteiger partial charge in [-0.25, -0.2) is 0 Å². The number of thioether (sulfide) groups is 1. The van der Waals surface area contributed by atoms with E-state index in [2.05, 4.69) is 38.3 Å². The summed E-state index contributed by atoms with van der Waals surface area (Å²) in [6.45, 7) is 2.11. The Morgan fingerprint density at radius 3 is 2.74 bits per heavy atom. The fourth-order valence-corrected chi connectivity index (χ4v) is 4.11. The van der Waals surface area contributed by atoms with Gasteiger partial charge < -0.3 is 15.1 Å². The van der Waals surface area contributed by atoms with Crippen LogP contribution in [0.3, 0.4) is 0 Å². The second kappa shape index (κ2) is 9.28. The van der Waals surface area contributed by atoms with Gasteiger partial charge in [0.1, 0.15) is 0 Å². The first-order valence-corrected chi connectivity index (χ1v) is 10.7. The number of hydrogen-bond donors (Lipinski definition) is 1. The molecule has 0 fully saturated rings. The van der Waals surface area contributed by atoms with Gasteiger partial charge in [-0.1, -0.05) is 40.2 Å². The molecule has 2 aromatic carbocycles. The third-order valence-corrected chi connectivity index (χ3v) is 5.80. The number of amides is 2. The van der Waals surface area contributed by atoms with E-state index in [0.717, 1.165) is 22.3 Å². The minimum atomic E-state index is -0.105. The SMILES string of the molecule is CN1CCN(C(=O)CSCC(=O)Nc2cccc(Br)c2)Cc2ccccc21. The van der Waals surface area contributed by atoms with Crippen LogP contribution in [0.1, 0.15) is 5.56 Å². The van der Waals surface area contributed by atoms with Gasteiger partial charge in [-0.2, -0.15) is 0 Å². The molecule has 0 unspecified atom stereocenters. The molecule has 3 rings (SSSR count). The highest BCUT2D eigenvalue weighted by molar-refractivity contribution is 9.10. The number of fused-ring (bicyclic) bond motifs is 1. The third kappa shape index (κ3) is 5.49. The maximum absolute atomic E-state index is 12.6. The Morgan fingerprint density at radius 1 is 1.11 bits per heavy atom. The number of para-hydroxylation sites is 1. The minimum Gasteiger partial charge on any atom is -0.373 e. The highest BCUT2D eigenvalue weighted by Gasteiger charge is 2.21. The number of carbonyl (C=O) groups is 2. The van der Waals surface area contributed by atoms with Crippen molar-refractivity contribution in [2.75, 3.05) is 41.9 Å². The highest BCUT2D eigenvalue weighted by atomic mass is 79.9. The van der Waals surface area contributed by atoms with Crippen LogP contribution in [0.2, 0.25) is 0 Å². The Kier molecular flexibility index (Phi) is 6.79. The number of carbonyl (C=O) groups excluding carboxylic acids is 2. The van der Waals surface area contributed by atoms with Crippen LogP contribution >= 0.6 is 27.7 Å². The molecule has 1 aliphatic rings. The van der Waals surface area contributed by atoms with E-state index in [9.17, 15) is 9.59 Å². The van der Waals surface area contributed by atoms with E-state index in [4.69, 9.17) is 0 Å². The quantitative estimate of drug-likeness (QED) is 0.760. The first-order chi connectivity index (χ1) is 13.0. The van der Waals surface area contributed by atoms with E-state index in [1.807, 2.05) is 48.3 Å². The van der Waals surface area contributed by atoms with Gasteiger partial charge >= 0.3 is 0 Å². The average molecular weight is 448 g/mol. The van der Waals surface area contributed by atoms with Gasteiger partial charge in [-0.15, -0.1) is 11.8 Å². The van der Waals surface area contributed by atoms with Gasteiger partial charge in [0.2, 0.25) is 11.8 Å². The van der Waals surface area contributed by atoms with Gasteiger partial charge in [0, 0.05) is 42.5 Å². The van der Waals surface area contributed by atoms with Gasteiger partial charge in [0.25, 0.3) is 0 Å². The summed E-state index contributed by atoms with van der Waals surface area (Å²) < 4.78 is 0.912. The number of benzene rings is 2. The Hall–Kier alpha value is -1.99. The minimum absolute atomic E-state index is 0.0698. The van der Waals surface area contributed by atoms with Gasteiger partial charge in [0.05, 0.1) is 11.5 Å². The van der Waals surface area contributed by atoms with Crippen LogP contribution in [0.15, 0.2) is 53.0 Å². The molecule has 0 aromatic heterocycles.